The molecule has 0 aliphatic carbocycles. The average molecular weight is 426 g/mol. The number of hydrogen-bond acceptors (Lipinski definition) is 6. The molecule has 1 aromatic carbocycles. The smallest absolute Gasteiger partial charge is 0.225 e. The van der Waals surface area contributed by atoms with Crippen molar-refractivity contribution < 1.29 is 4.74 Å². The summed E-state index contributed by atoms with van der Waals surface area (Å²) in [6, 6.07) is 10.1. The first-order chi connectivity index (χ1) is 15.2. The Bertz CT molecular complexity index is 785. The van der Waals surface area contributed by atoms with Gasteiger partial charge in [0.05, 0.1) is 0 Å². The molecule has 1 N–H and O–H groups in total. The zero-order valence-electron chi connectivity index (χ0n) is 19.0. The van der Waals surface area contributed by atoms with Crippen LogP contribution in [0, 0.1) is 0 Å². The lowest BCUT2D eigenvalue weighted by molar-refractivity contribution is 0.223. The molecular weight excluding hydrogens is 390 g/mol. The maximum absolute atomic E-state index is 5.87. The van der Waals surface area contributed by atoms with Gasteiger partial charge in [0.25, 0.3) is 0 Å². The maximum atomic E-state index is 5.87. The molecule has 0 saturated carbocycles. The normalized spacial score (nSPS) is 14.8. The van der Waals surface area contributed by atoms with E-state index in [0.717, 1.165) is 70.0 Å². The number of nitrogens with one attached hydrogen (secondary N) is 1. The fourth-order valence-corrected chi connectivity index (χ4v) is 3.62. The topological polar surface area (TPSA) is 69.1 Å². The van der Waals surface area contributed by atoms with Crippen LogP contribution in [0.1, 0.15) is 19.4 Å². The van der Waals surface area contributed by atoms with Crippen molar-refractivity contribution in [3.05, 3.63) is 48.3 Å². The largest absolute Gasteiger partial charge is 0.492 e. The Labute approximate surface area is 186 Å². The first-order valence-corrected chi connectivity index (χ1v) is 11.1. The van der Waals surface area contributed by atoms with Crippen molar-refractivity contribution in [2.24, 2.45) is 4.99 Å². The Hall–Kier alpha value is -2.87. The second-order valence-electron chi connectivity index (χ2n) is 7.44. The summed E-state index contributed by atoms with van der Waals surface area (Å²) in [5, 5.41) is 3.48. The zero-order chi connectivity index (χ0) is 21.9. The highest BCUT2D eigenvalue weighted by Gasteiger charge is 2.20. The molecular formula is C23H35N7O. The highest BCUT2D eigenvalue weighted by atomic mass is 16.5. The van der Waals surface area contributed by atoms with Gasteiger partial charge < -0.3 is 24.8 Å². The molecule has 1 fully saturated rings. The summed E-state index contributed by atoms with van der Waals surface area (Å²) >= 11 is 0. The van der Waals surface area contributed by atoms with Crippen LogP contribution in [0.2, 0.25) is 0 Å². The van der Waals surface area contributed by atoms with E-state index in [1.165, 1.54) is 5.56 Å². The minimum absolute atomic E-state index is 0.714. The van der Waals surface area contributed by atoms with Gasteiger partial charge in [0.15, 0.2) is 5.96 Å². The van der Waals surface area contributed by atoms with Gasteiger partial charge in [-0.1, -0.05) is 26.0 Å². The van der Waals surface area contributed by atoms with Crippen molar-refractivity contribution >= 4 is 11.9 Å². The molecule has 0 unspecified atom stereocenters. The molecule has 0 atom stereocenters. The number of hydrogen-bond donors (Lipinski definition) is 1. The number of aliphatic imine (C=N–C) groups is 1. The minimum Gasteiger partial charge on any atom is -0.492 e. The summed E-state index contributed by atoms with van der Waals surface area (Å²) in [7, 11) is 1.84. The Balaban J connectivity index is 1.42. The van der Waals surface area contributed by atoms with Gasteiger partial charge in [-0.15, -0.1) is 0 Å². The second kappa shape index (κ2) is 12.1. The SMILES string of the molecule is CCN(CC)CCOc1ccc(CNC(=NC)N2CCN(c3ncccn3)CC2)cc1. The number of guanidine groups is 1. The highest BCUT2D eigenvalue weighted by Crippen LogP contribution is 2.13. The lowest BCUT2D eigenvalue weighted by Gasteiger charge is -2.36. The van der Waals surface area contributed by atoms with Crippen LogP contribution in [0.3, 0.4) is 0 Å². The van der Waals surface area contributed by atoms with Crippen LogP contribution in [0.25, 0.3) is 0 Å². The fourth-order valence-electron chi connectivity index (χ4n) is 3.62. The van der Waals surface area contributed by atoms with Crippen molar-refractivity contribution in [1.29, 1.82) is 0 Å². The molecule has 1 saturated heterocycles. The van der Waals surface area contributed by atoms with Crippen LogP contribution < -0.4 is 15.0 Å². The van der Waals surface area contributed by atoms with E-state index < -0.39 is 0 Å². The molecule has 168 valence electrons. The van der Waals surface area contributed by atoms with E-state index in [0.29, 0.717) is 6.61 Å². The standard InChI is InChI=1S/C23H35N7O/c1-4-28(5-2)17-18-31-21-9-7-20(8-10-21)19-27-22(24-3)29-13-15-30(16-14-29)23-25-11-6-12-26-23/h6-12H,4-5,13-19H2,1-3H3,(H,24,27). The Morgan fingerprint density at radius 1 is 1.06 bits per heavy atom. The Kier molecular flexibility index (Phi) is 8.90. The number of benzene rings is 1. The van der Waals surface area contributed by atoms with Crippen molar-refractivity contribution in [3.63, 3.8) is 0 Å². The summed E-state index contributed by atoms with van der Waals surface area (Å²) in [6.07, 6.45) is 3.58. The zero-order valence-corrected chi connectivity index (χ0v) is 19.0. The molecule has 8 heteroatoms. The summed E-state index contributed by atoms with van der Waals surface area (Å²) in [6.45, 7) is 12.4. The van der Waals surface area contributed by atoms with E-state index in [4.69, 9.17) is 4.74 Å². The second-order valence-corrected chi connectivity index (χ2v) is 7.44. The molecule has 1 aliphatic heterocycles. The molecule has 0 bridgehead atoms. The van der Waals surface area contributed by atoms with Gasteiger partial charge in [-0.2, -0.15) is 0 Å². The molecule has 2 aromatic rings. The number of nitrogens with zero attached hydrogens (tertiary/aromatic N) is 6. The average Bonchev–Trinajstić information content (AvgIpc) is 2.84. The van der Waals surface area contributed by atoms with Gasteiger partial charge >= 0.3 is 0 Å². The van der Waals surface area contributed by atoms with Gasteiger partial charge in [0.1, 0.15) is 12.4 Å². The van der Waals surface area contributed by atoms with E-state index in [2.05, 4.69) is 61.0 Å². The number of aromatic nitrogens is 2. The molecule has 8 nitrogen and oxygen atoms in total. The first-order valence-electron chi connectivity index (χ1n) is 11.1. The lowest BCUT2D eigenvalue weighted by atomic mass is 10.2. The number of rotatable bonds is 9. The summed E-state index contributed by atoms with van der Waals surface area (Å²) in [5.74, 6) is 2.64. The van der Waals surface area contributed by atoms with Crippen LogP contribution in [0.15, 0.2) is 47.7 Å². The maximum Gasteiger partial charge on any atom is 0.225 e. The third-order valence-electron chi connectivity index (χ3n) is 5.57. The summed E-state index contributed by atoms with van der Waals surface area (Å²) in [5.41, 5.74) is 1.20. The summed E-state index contributed by atoms with van der Waals surface area (Å²) < 4.78 is 5.87. The van der Waals surface area contributed by atoms with Crippen molar-refractivity contribution in [3.8, 4) is 5.75 Å². The lowest BCUT2D eigenvalue weighted by Crippen LogP contribution is -2.52. The van der Waals surface area contributed by atoms with E-state index in [-0.39, 0.29) is 0 Å². The summed E-state index contributed by atoms with van der Waals surface area (Å²) in [4.78, 5) is 20.0. The van der Waals surface area contributed by atoms with Crippen molar-refractivity contribution in [2.45, 2.75) is 20.4 Å². The van der Waals surface area contributed by atoms with Crippen LogP contribution in [-0.2, 0) is 6.54 Å². The molecule has 0 spiro atoms. The van der Waals surface area contributed by atoms with Gasteiger partial charge in [-0.3, -0.25) is 4.99 Å². The molecule has 1 aromatic heterocycles. The van der Waals surface area contributed by atoms with E-state index >= 15 is 0 Å². The van der Waals surface area contributed by atoms with Crippen molar-refractivity contribution in [1.82, 2.24) is 25.1 Å². The molecule has 0 radical (unpaired) electrons. The third-order valence-corrected chi connectivity index (χ3v) is 5.57. The van der Waals surface area contributed by atoms with Crippen LogP contribution in [0.5, 0.6) is 5.75 Å². The number of piperazine rings is 1. The molecule has 2 heterocycles. The third kappa shape index (κ3) is 6.82. The number of likely N-dealkylation sites (N-methyl/N-ethyl adjacent to an activating group) is 1. The van der Waals surface area contributed by atoms with Crippen molar-refractivity contribution in [2.75, 3.05) is 64.4 Å². The van der Waals surface area contributed by atoms with Gasteiger partial charge in [-0.05, 0) is 36.9 Å². The quantitative estimate of drug-likeness (QED) is 0.487. The molecule has 1 aliphatic rings. The van der Waals surface area contributed by atoms with Gasteiger partial charge in [0, 0.05) is 58.7 Å². The van der Waals surface area contributed by atoms with E-state index in [9.17, 15) is 0 Å². The van der Waals surface area contributed by atoms with Crippen LogP contribution in [0.4, 0.5) is 5.95 Å². The predicted molar refractivity (Wildman–Crippen MR) is 126 cm³/mol. The van der Waals surface area contributed by atoms with Gasteiger partial charge in [-0.25, -0.2) is 9.97 Å². The van der Waals surface area contributed by atoms with E-state index in [1.807, 2.05) is 25.2 Å². The van der Waals surface area contributed by atoms with Gasteiger partial charge in [0.2, 0.25) is 5.95 Å². The van der Waals surface area contributed by atoms with E-state index in [1.54, 1.807) is 12.4 Å². The highest BCUT2D eigenvalue weighted by molar-refractivity contribution is 5.80. The Morgan fingerprint density at radius 3 is 2.35 bits per heavy atom. The van der Waals surface area contributed by atoms with Crippen LogP contribution in [-0.4, -0.2) is 85.2 Å². The fraction of sp³-hybridized carbons (Fsp3) is 0.522. The van der Waals surface area contributed by atoms with Crippen LogP contribution >= 0.6 is 0 Å². The first kappa shape index (κ1) is 22.8. The Morgan fingerprint density at radius 2 is 1.74 bits per heavy atom. The number of ether oxygens (including phenoxy) is 1. The minimum atomic E-state index is 0.714. The molecule has 31 heavy (non-hydrogen) atoms. The predicted octanol–water partition coefficient (Wildman–Crippen LogP) is 2.09. The molecule has 0 amide bonds. The number of anilines is 1. The molecule has 3 rings (SSSR count). The monoisotopic (exact) mass is 425 g/mol.